The number of nitrogens with one attached hydrogen (secondary N) is 2. The van der Waals surface area contributed by atoms with Crippen LogP contribution in [0.5, 0.6) is 0 Å². The Hall–Kier alpha value is -2.08. The number of nitrogens with zero attached hydrogens (tertiary/aromatic N) is 1. The highest BCUT2D eigenvalue weighted by Crippen LogP contribution is 2.40. The zero-order chi connectivity index (χ0) is 19.7. The first kappa shape index (κ1) is 20.2. The molecule has 2 N–H and O–H groups in total. The predicted molar refractivity (Wildman–Crippen MR) is 86.8 cm³/mol. The van der Waals surface area contributed by atoms with E-state index in [2.05, 4.69) is 10.6 Å². The first-order chi connectivity index (χ1) is 11.9. The number of sulfone groups is 1. The molecule has 1 aliphatic heterocycles. The normalized spacial score (nSPS) is 19.2. The lowest BCUT2D eigenvalue weighted by Gasteiger charge is -2.14. The molecule has 0 unspecified atom stereocenters. The van der Waals surface area contributed by atoms with E-state index in [9.17, 15) is 36.5 Å². The number of carbonyl (C=O) groups excluding carboxylic acids is 1. The predicted octanol–water partition coefficient (Wildman–Crippen LogP) is 1.98. The van der Waals surface area contributed by atoms with Crippen molar-refractivity contribution in [1.29, 1.82) is 0 Å². The smallest absolute Gasteiger partial charge is 0.371 e. The fourth-order valence-corrected chi connectivity index (χ4v) is 4.38. The van der Waals surface area contributed by atoms with Gasteiger partial charge < -0.3 is 10.6 Å². The Morgan fingerprint density at radius 2 is 2.04 bits per heavy atom. The minimum Gasteiger partial charge on any atom is -0.371 e. The molecule has 13 heteroatoms. The van der Waals surface area contributed by atoms with Gasteiger partial charge in [0.15, 0.2) is 9.84 Å². The molecule has 1 aromatic carbocycles. The number of anilines is 1. The summed E-state index contributed by atoms with van der Waals surface area (Å²) in [5, 5.41) is 15.0. The topological polar surface area (TPSA) is 118 Å². The van der Waals surface area contributed by atoms with E-state index in [1.165, 1.54) is 0 Å². The molecule has 26 heavy (non-hydrogen) atoms. The molecule has 0 bridgehead atoms. The number of hydrogen-bond donors (Lipinski definition) is 2. The fourth-order valence-electron chi connectivity index (χ4n) is 2.43. The molecule has 2 rings (SSSR count). The lowest BCUT2D eigenvalue weighted by atomic mass is 10.1. The molecule has 1 atom stereocenters. The van der Waals surface area contributed by atoms with Gasteiger partial charge in [-0.25, -0.2) is 8.42 Å². The third-order valence-corrected chi connectivity index (χ3v) is 5.71. The third-order valence-electron chi connectivity index (χ3n) is 3.62. The Labute approximate surface area is 150 Å². The summed E-state index contributed by atoms with van der Waals surface area (Å²) in [7, 11) is -3.20. The third kappa shape index (κ3) is 4.97. The number of halogens is 4. The molecule has 0 spiro atoms. The molecule has 1 saturated heterocycles. The summed E-state index contributed by atoms with van der Waals surface area (Å²) in [5.41, 5.74) is -2.61. The highest BCUT2D eigenvalue weighted by Gasteiger charge is 2.36. The van der Waals surface area contributed by atoms with Gasteiger partial charge in [-0.05, 0) is 12.5 Å². The summed E-state index contributed by atoms with van der Waals surface area (Å²) in [6, 6.07) is 0.433. The number of alkyl halides is 3. The second-order valence-electron chi connectivity index (χ2n) is 5.63. The zero-order valence-corrected chi connectivity index (χ0v) is 14.5. The maximum absolute atomic E-state index is 12.8. The van der Waals surface area contributed by atoms with E-state index >= 15 is 0 Å². The molecular formula is C13H13ClF3N3O5S. The quantitative estimate of drug-likeness (QED) is 0.560. The molecular weight excluding hydrogens is 403 g/mol. The lowest BCUT2D eigenvalue weighted by Crippen LogP contribution is -2.39. The van der Waals surface area contributed by atoms with Crippen molar-refractivity contribution >= 4 is 38.7 Å². The molecule has 1 amide bonds. The van der Waals surface area contributed by atoms with Gasteiger partial charge in [0.25, 0.3) is 5.69 Å². The lowest BCUT2D eigenvalue weighted by molar-refractivity contribution is -0.384. The molecule has 0 saturated carbocycles. The molecule has 0 aromatic heterocycles. The van der Waals surface area contributed by atoms with Crippen molar-refractivity contribution in [2.24, 2.45) is 0 Å². The molecule has 1 aromatic rings. The van der Waals surface area contributed by atoms with Crippen molar-refractivity contribution in [3.05, 3.63) is 32.8 Å². The van der Waals surface area contributed by atoms with Crippen LogP contribution >= 0.6 is 11.6 Å². The van der Waals surface area contributed by atoms with Crippen LogP contribution < -0.4 is 10.6 Å². The van der Waals surface area contributed by atoms with Crippen molar-refractivity contribution in [2.45, 2.75) is 18.6 Å². The molecule has 8 nitrogen and oxygen atoms in total. The Morgan fingerprint density at radius 1 is 1.38 bits per heavy atom. The zero-order valence-electron chi connectivity index (χ0n) is 13.0. The Bertz CT molecular complexity index is 844. The monoisotopic (exact) mass is 415 g/mol. The van der Waals surface area contributed by atoms with E-state index in [0.717, 1.165) is 6.07 Å². The van der Waals surface area contributed by atoms with Gasteiger partial charge in [0.1, 0.15) is 5.69 Å². The Morgan fingerprint density at radius 3 is 2.54 bits per heavy atom. The summed E-state index contributed by atoms with van der Waals surface area (Å²) in [6.07, 6.45) is -4.62. The Kier molecular flexibility index (Phi) is 5.66. The van der Waals surface area contributed by atoms with Crippen molar-refractivity contribution in [1.82, 2.24) is 5.32 Å². The van der Waals surface area contributed by atoms with E-state index in [1.54, 1.807) is 0 Å². The van der Waals surface area contributed by atoms with Crippen LogP contribution in [0.3, 0.4) is 0 Å². The van der Waals surface area contributed by atoms with E-state index in [-0.39, 0.29) is 29.7 Å². The second-order valence-corrected chi connectivity index (χ2v) is 8.26. The van der Waals surface area contributed by atoms with Crippen LogP contribution in [0.4, 0.5) is 24.5 Å². The molecule has 1 aliphatic rings. The SMILES string of the molecule is O=C(CNc1cc(Cl)c(C(F)(F)F)cc1[N+](=O)[O-])N[C@H]1CCS(=O)(=O)C1. The van der Waals surface area contributed by atoms with E-state index in [4.69, 9.17) is 11.6 Å². The van der Waals surface area contributed by atoms with Gasteiger partial charge in [0.05, 0.1) is 33.6 Å². The van der Waals surface area contributed by atoms with Crippen molar-refractivity contribution < 1.29 is 31.3 Å². The minimum absolute atomic E-state index is 0.0502. The standard InChI is InChI=1S/C13H13ClF3N3O5S/c14-9-4-10(11(20(22)23)3-8(9)13(15,16)17)18-5-12(21)19-7-1-2-26(24,25)6-7/h3-4,7,18H,1-2,5-6H2,(H,19,21)/t7-/m0/s1. The molecule has 144 valence electrons. The van der Waals surface area contributed by atoms with E-state index in [0.29, 0.717) is 0 Å². The number of hydrogen-bond acceptors (Lipinski definition) is 6. The van der Waals surface area contributed by atoms with Gasteiger partial charge >= 0.3 is 6.18 Å². The largest absolute Gasteiger partial charge is 0.418 e. The van der Waals surface area contributed by atoms with Crippen LogP contribution in [0.1, 0.15) is 12.0 Å². The maximum atomic E-state index is 12.8. The number of carbonyl (C=O) groups is 1. The van der Waals surface area contributed by atoms with Crippen molar-refractivity contribution in [2.75, 3.05) is 23.4 Å². The summed E-state index contributed by atoms with van der Waals surface area (Å²) in [4.78, 5) is 21.8. The molecule has 0 radical (unpaired) electrons. The second kappa shape index (κ2) is 7.27. The summed E-state index contributed by atoms with van der Waals surface area (Å²) in [6.45, 7) is -0.501. The maximum Gasteiger partial charge on any atom is 0.418 e. The van der Waals surface area contributed by atoms with Crippen LogP contribution in [0.15, 0.2) is 12.1 Å². The van der Waals surface area contributed by atoms with E-state index < -0.39 is 55.7 Å². The van der Waals surface area contributed by atoms with Crippen molar-refractivity contribution in [3.63, 3.8) is 0 Å². The fraction of sp³-hybridized carbons (Fsp3) is 0.462. The van der Waals surface area contributed by atoms with Crippen molar-refractivity contribution in [3.8, 4) is 0 Å². The van der Waals surface area contributed by atoms with Gasteiger partial charge in [-0.3, -0.25) is 14.9 Å². The highest BCUT2D eigenvalue weighted by atomic mass is 35.5. The summed E-state index contributed by atoms with van der Waals surface area (Å²) < 4.78 is 61.0. The Balaban J connectivity index is 2.10. The number of nitro benzene ring substituents is 1. The van der Waals surface area contributed by atoms with Gasteiger partial charge in [0.2, 0.25) is 5.91 Å². The van der Waals surface area contributed by atoms with Gasteiger partial charge in [0, 0.05) is 12.1 Å². The number of rotatable bonds is 5. The summed E-state index contributed by atoms with van der Waals surface area (Å²) >= 11 is 5.53. The van der Waals surface area contributed by atoms with Crippen LogP contribution in [-0.4, -0.2) is 43.3 Å². The van der Waals surface area contributed by atoms with Crippen LogP contribution in [-0.2, 0) is 20.8 Å². The number of amides is 1. The molecule has 1 fully saturated rings. The molecule has 1 heterocycles. The molecule has 0 aliphatic carbocycles. The average molecular weight is 416 g/mol. The van der Waals surface area contributed by atoms with Crippen LogP contribution in [0, 0.1) is 10.1 Å². The van der Waals surface area contributed by atoms with Crippen LogP contribution in [0.25, 0.3) is 0 Å². The van der Waals surface area contributed by atoms with Crippen LogP contribution in [0.2, 0.25) is 5.02 Å². The first-order valence-corrected chi connectivity index (χ1v) is 9.38. The summed E-state index contributed by atoms with van der Waals surface area (Å²) in [5.74, 6) is -0.909. The van der Waals surface area contributed by atoms with Gasteiger partial charge in [-0.2, -0.15) is 13.2 Å². The first-order valence-electron chi connectivity index (χ1n) is 7.18. The minimum atomic E-state index is -4.87. The van der Waals surface area contributed by atoms with Gasteiger partial charge in [-0.15, -0.1) is 0 Å². The van der Waals surface area contributed by atoms with Gasteiger partial charge in [-0.1, -0.05) is 11.6 Å². The average Bonchev–Trinajstić information content (AvgIpc) is 2.82. The van der Waals surface area contributed by atoms with E-state index in [1.807, 2.05) is 0 Å². The highest BCUT2D eigenvalue weighted by molar-refractivity contribution is 7.91. The number of nitro groups is 1. The number of benzene rings is 1.